The van der Waals surface area contributed by atoms with Crippen LogP contribution < -0.4 is 0 Å². The lowest BCUT2D eigenvalue weighted by Gasteiger charge is -2.44. The number of rotatable bonds is 1. The Hall–Kier alpha value is -0.600. The van der Waals surface area contributed by atoms with E-state index in [1.54, 1.807) is 11.8 Å². The maximum atomic E-state index is 13.0. The molecule has 0 N–H and O–H groups in total. The van der Waals surface area contributed by atoms with Gasteiger partial charge in [0.2, 0.25) is 5.91 Å². The van der Waals surface area contributed by atoms with Gasteiger partial charge < -0.3 is 4.90 Å². The van der Waals surface area contributed by atoms with Crippen molar-refractivity contribution in [2.45, 2.75) is 31.9 Å². The maximum Gasteiger partial charge on any atom is 0.225 e. The van der Waals surface area contributed by atoms with Crippen molar-refractivity contribution in [2.24, 2.45) is 5.92 Å². The Morgan fingerprint density at radius 1 is 1.50 bits per heavy atom. The van der Waals surface area contributed by atoms with E-state index in [0.717, 1.165) is 19.3 Å². The van der Waals surface area contributed by atoms with Crippen LogP contribution in [0.25, 0.3) is 0 Å². The van der Waals surface area contributed by atoms with Crippen LogP contribution in [0.1, 0.15) is 26.2 Å². The standard InChI is InChI=1S/C9H14FNO/c1-9(10)5-11(6-9)8(12)7-3-2-4-7/h7H,2-6H2,1H3. The minimum Gasteiger partial charge on any atom is -0.336 e. The first-order valence-electron chi connectivity index (χ1n) is 4.56. The van der Waals surface area contributed by atoms with E-state index in [1.807, 2.05) is 0 Å². The Morgan fingerprint density at radius 2 is 2.08 bits per heavy atom. The molecule has 1 aliphatic carbocycles. The van der Waals surface area contributed by atoms with Crippen LogP contribution in [0.5, 0.6) is 0 Å². The molecule has 0 aromatic rings. The van der Waals surface area contributed by atoms with Gasteiger partial charge in [-0.15, -0.1) is 0 Å². The average molecular weight is 171 g/mol. The first kappa shape index (κ1) is 8.02. The van der Waals surface area contributed by atoms with Crippen molar-refractivity contribution in [1.29, 1.82) is 0 Å². The number of hydrogen-bond acceptors (Lipinski definition) is 1. The van der Waals surface area contributed by atoms with Crippen molar-refractivity contribution in [3.05, 3.63) is 0 Å². The topological polar surface area (TPSA) is 20.3 Å². The van der Waals surface area contributed by atoms with Crippen LogP contribution >= 0.6 is 0 Å². The predicted octanol–water partition coefficient (Wildman–Crippen LogP) is 1.36. The van der Waals surface area contributed by atoms with Gasteiger partial charge >= 0.3 is 0 Å². The average Bonchev–Trinajstić information content (AvgIpc) is 1.77. The summed E-state index contributed by atoms with van der Waals surface area (Å²) < 4.78 is 13.0. The Kier molecular flexibility index (Phi) is 1.63. The van der Waals surface area contributed by atoms with E-state index in [1.165, 1.54) is 0 Å². The summed E-state index contributed by atoms with van der Waals surface area (Å²) in [6.45, 7) is 2.17. The number of nitrogens with zero attached hydrogens (tertiary/aromatic N) is 1. The second-order valence-corrected chi connectivity index (χ2v) is 4.24. The number of amides is 1. The summed E-state index contributed by atoms with van der Waals surface area (Å²) in [4.78, 5) is 13.1. The minimum atomic E-state index is -1.11. The van der Waals surface area contributed by atoms with E-state index in [2.05, 4.69) is 0 Å². The van der Waals surface area contributed by atoms with Crippen molar-refractivity contribution >= 4 is 5.91 Å². The third-order valence-corrected chi connectivity index (χ3v) is 2.81. The highest BCUT2D eigenvalue weighted by Crippen LogP contribution is 2.32. The minimum absolute atomic E-state index is 0.177. The molecule has 1 saturated heterocycles. The number of carbonyl (C=O) groups is 1. The molecular weight excluding hydrogens is 157 g/mol. The van der Waals surface area contributed by atoms with Crippen LogP contribution in [-0.2, 0) is 4.79 Å². The Labute approximate surface area is 71.7 Å². The second kappa shape index (κ2) is 2.44. The van der Waals surface area contributed by atoms with Crippen molar-refractivity contribution in [3.63, 3.8) is 0 Å². The molecule has 1 saturated carbocycles. The molecule has 2 rings (SSSR count). The van der Waals surface area contributed by atoms with Crippen LogP contribution in [0.3, 0.4) is 0 Å². The third-order valence-electron chi connectivity index (χ3n) is 2.81. The lowest BCUT2D eigenvalue weighted by Crippen LogP contribution is -2.60. The first-order valence-corrected chi connectivity index (χ1v) is 4.56. The molecule has 0 aromatic heterocycles. The molecule has 0 bridgehead atoms. The fourth-order valence-electron chi connectivity index (χ4n) is 1.82. The molecule has 1 aliphatic heterocycles. The summed E-state index contributed by atoms with van der Waals surface area (Å²) in [5.74, 6) is 0.400. The molecule has 0 unspecified atom stereocenters. The van der Waals surface area contributed by atoms with Crippen LogP contribution in [0.2, 0.25) is 0 Å². The summed E-state index contributed by atoms with van der Waals surface area (Å²) in [6, 6.07) is 0. The van der Waals surface area contributed by atoms with Gasteiger partial charge in [-0.2, -0.15) is 0 Å². The summed E-state index contributed by atoms with van der Waals surface area (Å²) in [6.07, 6.45) is 3.19. The van der Waals surface area contributed by atoms with E-state index in [9.17, 15) is 9.18 Å². The van der Waals surface area contributed by atoms with Gasteiger partial charge in [-0.25, -0.2) is 4.39 Å². The molecule has 1 amide bonds. The van der Waals surface area contributed by atoms with Gasteiger partial charge in [-0.05, 0) is 19.8 Å². The zero-order valence-corrected chi connectivity index (χ0v) is 7.35. The third kappa shape index (κ3) is 1.21. The van der Waals surface area contributed by atoms with Crippen LogP contribution in [0.15, 0.2) is 0 Å². The number of hydrogen-bond donors (Lipinski definition) is 0. The zero-order chi connectivity index (χ0) is 8.77. The quantitative estimate of drug-likeness (QED) is 0.583. The van der Waals surface area contributed by atoms with Gasteiger partial charge in [0.25, 0.3) is 0 Å². The highest BCUT2D eigenvalue weighted by Gasteiger charge is 2.44. The molecule has 2 nitrogen and oxygen atoms in total. The Bertz CT molecular complexity index is 203. The van der Waals surface area contributed by atoms with E-state index in [-0.39, 0.29) is 11.8 Å². The van der Waals surface area contributed by atoms with Gasteiger partial charge in [0, 0.05) is 5.92 Å². The van der Waals surface area contributed by atoms with Crippen LogP contribution in [0.4, 0.5) is 4.39 Å². The lowest BCUT2D eigenvalue weighted by atomic mass is 9.83. The number of carbonyl (C=O) groups excluding carboxylic acids is 1. The fraction of sp³-hybridized carbons (Fsp3) is 0.889. The van der Waals surface area contributed by atoms with Crippen LogP contribution in [0, 0.1) is 5.92 Å². The molecule has 2 aliphatic rings. The van der Waals surface area contributed by atoms with Crippen molar-refractivity contribution < 1.29 is 9.18 Å². The fourth-order valence-corrected chi connectivity index (χ4v) is 1.82. The van der Waals surface area contributed by atoms with E-state index < -0.39 is 5.67 Å². The predicted molar refractivity (Wildman–Crippen MR) is 43.4 cm³/mol. The smallest absolute Gasteiger partial charge is 0.225 e. The molecule has 2 fully saturated rings. The van der Waals surface area contributed by atoms with Gasteiger partial charge in [0.15, 0.2) is 0 Å². The van der Waals surface area contributed by atoms with Crippen molar-refractivity contribution in [1.82, 2.24) is 4.90 Å². The molecule has 0 atom stereocenters. The highest BCUT2D eigenvalue weighted by atomic mass is 19.1. The van der Waals surface area contributed by atoms with Crippen LogP contribution in [-0.4, -0.2) is 29.6 Å². The Balaban J connectivity index is 1.83. The molecule has 3 heteroatoms. The zero-order valence-electron chi connectivity index (χ0n) is 7.35. The normalized spacial score (nSPS) is 27.7. The summed E-state index contributed by atoms with van der Waals surface area (Å²) in [7, 11) is 0. The largest absolute Gasteiger partial charge is 0.336 e. The van der Waals surface area contributed by atoms with Crippen molar-refractivity contribution in [2.75, 3.05) is 13.1 Å². The number of alkyl halides is 1. The number of likely N-dealkylation sites (tertiary alicyclic amines) is 1. The number of halogens is 1. The van der Waals surface area contributed by atoms with E-state index in [4.69, 9.17) is 0 Å². The van der Waals surface area contributed by atoms with Gasteiger partial charge in [0.1, 0.15) is 5.67 Å². The van der Waals surface area contributed by atoms with E-state index >= 15 is 0 Å². The molecule has 12 heavy (non-hydrogen) atoms. The maximum absolute atomic E-state index is 13.0. The first-order chi connectivity index (χ1) is 5.58. The monoisotopic (exact) mass is 171 g/mol. The molecular formula is C9H14FNO. The highest BCUT2D eigenvalue weighted by molar-refractivity contribution is 5.80. The molecule has 0 radical (unpaired) electrons. The van der Waals surface area contributed by atoms with Gasteiger partial charge in [0.05, 0.1) is 13.1 Å². The summed E-state index contributed by atoms with van der Waals surface area (Å²) >= 11 is 0. The summed E-state index contributed by atoms with van der Waals surface area (Å²) in [5.41, 5.74) is -1.11. The Morgan fingerprint density at radius 3 is 2.42 bits per heavy atom. The second-order valence-electron chi connectivity index (χ2n) is 4.24. The molecule has 1 heterocycles. The SMILES string of the molecule is CC1(F)CN(C(=O)C2CCC2)C1. The lowest BCUT2D eigenvalue weighted by molar-refractivity contribution is -0.151. The molecule has 68 valence electrons. The van der Waals surface area contributed by atoms with Crippen molar-refractivity contribution in [3.8, 4) is 0 Å². The van der Waals surface area contributed by atoms with Gasteiger partial charge in [-0.3, -0.25) is 4.79 Å². The molecule has 0 spiro atoms. The molecule has 0 aromatic carbocycles. The van der Waals surface area contributed by atoms with E-state index in [0.29, 0.717) is 13.1 Å². The van der Waals surface area contributed by atoms with Gasteiger partial charge in [-0.1, -0.05) is 6.42 Å². The summed E-state index contributed by atoms with van der Waals surface area (Å²) in [5, 5.41) is 0.